The van der Waals surface area contributed by atoms with E-state index in [1.54, 1.807) is 11.3 Å². The molecule has 0 aliphatic heterocycles. The second kappa shape index (κ2) is 7.16. The van der Waals surface area contributed by atoms with Crippen LogP contribution >= 0.6 is 11.3 Å². The van der Waals surface area contributed by atoms with Crippen LogP contribution in [-0.4, -0.2) is 4.98 Å². The Morgan fingerprint density at radius 1 is 1.08 bits per heavy atom. The van der Waals surface area contributed by atoms with Gasteiger partial charge in [0.2, 0.25) is 0 Å². The summed E-state index contributed by atoms with van der Waals surface area (Å²) in [4.78, 5) is 5.83. The molecule has 2 aromatic heterocycles. The first-order chi connectivity index (χ1) is 11.6. The molecule has 3 heteroatoms. The minimum Gasteiger partial charge on any atom is -0.392 e. The van der Waals surface area contributed by atoms with Crippen LogP contribution in [0.1, 0.15) is 22.4 Å². The van der Waals surface area contributed by atoms with Crippen LogP contribution in [0.2, 0.25) is 0 Å². The van der Waals surface area contributed by atoms with Crippen molar-refractivity contribution in [3.63, 3.8) is 0 Å². The van der Waals surface area contributed by atoms with Gasteiger partial charge in [0.1, 0.15) is 0 Å². The molecule has 0 aliphatic carbocycles. The zero-order valence-electron chi connectivity index (χ0n) is 13.7. The minimum absolute atomic E-state index is 0.532. The second-order valence-electron chi connectivity index (χ2n) is 5.56. The summed E-state index contributed by atoms with van der Waals surface area (Å²) in [5.74, 6) is 6.08. The Bertz CT molecular complexity index is 924. The first-order valence-corrected chi connectivity index (χ1v) is 8.57. The molecule has 118 valence electrons. The Kier molecular flexibility index (Phi) is 4.79. The summed E-state index contributed by atoms with van der Waals surface area (Å²) >= 11 is 1.69. The van der Waals surface area contributed by atoms with Gasteiger partial charge in [0.05, 0.1) is 16.3 Å². The lowest BCUT2D eigenvalue weighted by atomic mass is 10.1. The van der Waals surface area contributed by atoms with Crippen molar-refractivity contribution in [3.05, 3.63) is 82.0 Å². The van der Waals surface area contributed by atoms with Crippen molar-refractivity contribution in [2.24, 2.45) is 5.73 Å². The number of pyridine rings is 1. The third-order valence-electron chi connectivity index (χ3n) is 3.61. The van der Waals surface area contributed by atoms with Gasteiger partial charge in [-0.2, -0.15) is 0 Å². The highest BCUT2D eigenvalue weighted by molar-refractivity contribution is 7.13. The van der Waals surface area contributed by atoms with Crippen LogP contribution in [0.5, 0.6) is 0 Å². The fourth-order valence-corrected chi connectivity index (χ4v) is 2.97. The van der Waals surface area contributed by atoms with Crippen molar-refractivity contribution in [2.75, 3.05) is 0 Å². The molecular weight excluding hydrogens is 312 g/mol. The van der Waals surface area contributed by atoms with Crippen LogP contribution in [0, 0.1) is 25.7 Å². The molecule has 2 heterocycles. The van der Waals surface area contributed by atoms with E-state index < -0.39 is 0 Å². The molecule has 2 nitrogen and oxygen atoms in total. The van der Waals surface area contributed by atoms with E-state index in [1.807, 2.05) is 55.5 Å². The van der Waals surface area contributed by atoms with Gasteiger partial charge >= 0.3 is 0 Å². The van der Waals surface area contributed by atoms with Gasteiger partial charge in [0.15, 0.2) is 0 Å². The Balaban J connectivity index is 1.82. The molecule has 0 bridgehead atoms. The van der Waals surface area contributed by atoms with Gasteiger partial charge in [-0.25, -0.2) is 0 Å². The van der Waals surface area contributed by atoms with Crippen molar-refractivity contribution in [1.82, 2.24) is 4.98 Å². The Hall–Kier alpha value is -2.83. The normalized spacial score (nSPS) is 11.0. The molecule has 3 rings (SSSR count). The molecule has 0 unspecified atom stereocenters. The highest BCUT2D eigenvalue weighted by atomic mass is 32.1. The molecule has 0 saturated heterocycles. The summed E-state index contributed by atoms with van der Waals surface area (Å²) in [6, 6.07) is 16.2. The number of rotatable bonds is 2. The number of aromatic nitrogens is 1. The van der Waals surface area contributed by atoms with Crippen molar-refractivity contribution in [2.45, 2.75) is 13.8 Å². The maximum atomic E-state index is 6.05. The fraction of sp³-hybridized carbons (Fsp3) is 0.0952. The molecule has 0 fully saturated rings. The van der Waals surface area contributed by atoms with E-state index in [-0.39, 0.29) is 0 Å². The van der Waals surface area contributed by atoms with Crippen molar-refractivity contribution in [3.8, 4) is 22.4 Å². The van der Waals surface area contributed by atoms with E-state index in [1.165, 1.54) is 10.4 Å². The molecule has 0 amide bonds. The van der Waals surface area contributed by atoms with E-state index >= 15 is 0 Å². The highest BCUT2D eigenvalue weighted by Gasteiger charge is 2.03. The maximum Gasteiger partial charge on any atom is 0.0837 e. The van der Waals surface area contributed by atoms with Gasteiger partial charge in [-0.3, -0.25) is 4.98 Å². The lowest BCUT2D eigenvalue weighted by Gasteiger charge is -2.03. The zero-order chi connectivity index (χ0) is 16.9. The van der Waals surface area contributed by atoms with Crippen LogP contribution in [0.15, 0.2) is 59.6 Å². The third kappa shape index (κ3) is 3.92. The largest absolute Gasteiger partial charge is 0.392 e. The number of hydrogen-bond donors (Lipinski definition) is 1. The van der Waals surface area contributed by atoms with Gasteiger partial charge in [-0.1, -0.05) is 35.7 Å². The monoisotopic (exact) mass is 330 g/mol. The molecule has 24 heavy (non-hydrogen) atoms. The van der Waals surface area contributed by atoms with Crippen LogP contribution in [0.25, 0.3) is 16.6 Å². The third-order valence-corrected chi connectivity index (χ3v) is 4.51. The number of aryl methyl sites for hydroxylation is 2. The number of nitrogens with zero attached hydrogens (tertiary/aromatic N) is 1. The van der Waals surface area contributed by atoms with Gasteiger partial charge < -0.3 is 5.73 Å². The van der Waals surface area contributed by atoms with Gasteiger partial charge in [-0.15, -0.1) is 11.3 Å². The molecular formula is C21H18N2S. The average molecular weight is 330 g/mol. The number of allylic oxidation sites excluding steroid dienone is 1. The maximum absolute atomic E-state index is 6.05. The van der Waals surface area contributed by atoms with E-state index in [0.717, 1.165) is 22.5 Å². The van der Waals surface area contributed by atoms with Gasteiger partial charge in [0, 0.05) is 11.3 Å². The predicted molar refractivity (Wildman–Crippen MR) is 103 cm³/mol. The summed E-state index contributed by atoms with van der Waals surface area (Å²) in [5, 5.41) is 2.05. The summed E-state index contributed by atoms with van der Waals surface area (Å²) in [5.41, 5.74) is 11.7. The molecule has 3 aromatic rings. The van der Waals surface area contributed by atoms with Crippen molar-refractivity contribution < 1.29 is 0 Å². The molecule has 1 aromatic carbocycles. The minimum atomic E-state index is 0.532. The molecule has 0 spiro atoms. The van der Waals surface area contributed by atoms with Crippen molar-refractivity contribution >= 4 is 17.4 Å². The molecule has 0 radical (unpaired) electrons. The molecule has 0 aliphatic rings. The van der Waals surface area contributed by atoms with Crippen molar-refractivity contribution in [1.29, 1.82) is 0 Å². The first kappa shape index (κ1) is 16.0. The quantitative estimate of drug-likeness (QED) is 0.687. The van der Waals surface area contributed by atoms with E-state index in [4.69, 9.17) is 5.73 Å². The lowest BCUT2D eigenvalue weighted by molar-refractivity contribution is 1.20. The standard InChI is InChI=1S/C21H18N2S/c1-15-5-7-17(8-6-15)9-11-19(22)14-18-10-12-20(23-16(18)2)21-4-3-13-24-21/h3-8,10,12-14H,22H2,1-2H3/b19-14-. The topological polar surface area (TPSA) is 38.9 Å². The first-order valence-electron chi connectivity index (χ1n) is 7.69. The van der Waals surface area contributed by atoms with Gasteiger partial charge in [0.25, 0.3) is 0 Å². The summed E-state index contributed by atoms with van der Waals surface area (Å²) in [6.07, 6.45) is 1.88. The Morgan fingerprint density at radius 2 is 1.88 bits per heavy atom. The number of nitrogens with two attached hydrogens (primary N) is 1. The fourth-order valence-electron chi connectivity index (χ4n) is 2.27. The molecule has 0 saturated carbocycles. The Morgan fingerprint density at radius 3 is 2.54 bits per heavy atom. The Labute approximate surface area is 146 Å². The number of thiophene rings is 1. The molecule has 2 N–H and O–H groups in total. The van der Waals surface area contributed by atoms with E-state index in [9.17, 15) is 0 Å². The predicted octanol–water partition coefficient (Wildman–Crippen LogP) is 4.78. The number of hydrogen-bond acceptors (Lipinski definition) is 3. The average Bonchev–Trinajstić information content (AvgIpc) is 3.11. The van der Waals surface area contributed by atoms with Crippen LogP contribution < -0.4 is 5.73 Å². The van der Waals surface area contributed by atoms with E-state index in [2.05, 4.69) is 35.2 Å². The number of benzene rings is 1. The highest BCUT2D eigenvalue weighted by Crippen LogP contribution is 2.24. The smallest absolute Gasteiger partial charge is 0.0837 e. The lowest BCUT2D eigenvalue weighted by Crippen LogP contribution is -1.96. The second-order valence-corrected chi connectivity index (χ2v) is 6.51. The van der Waals surface area contributed by atoms with Crippen LogP contribution in [0.4, 0.5) is 0 Å². The summed E-state index contributed by atoms with van der Waals surface area (Å²) < 4.78 is 0. The molecule has 0 atom stereocenters. The zero-order valence-corrected chi connectivity index (χ0v) is 14.5. The summed E-state index contributed by atoms with van der Waals surface area (Å²) in [7, 11) is 0. The van der Waals surface area contributed by atoms with Crippen LogP contribution in [-0.2, 0) is 0 Å². The SMILES string of the molecule is Cc1ccc(C#C/C(N)=C/c2ccc(-c3cccs3)nc2C)cc1. The summed E-state index contributed by atoms with van der Waals surface area (Å²) in [6.45, 7) is 4.05. The van der Waals surface area contributed by atoms with E-state index in [0.29, 0.717) is 5.70 Å². The van der Waals surface area contributed by atoms with Crippen LogP contribution in [0.3, 0.4) is 0 Å². The van der Waals surface area contributed by atoms with Gasteiger partial charge in [-0.05, 0) is 61.1 Å².